The summed E-state index contributed by atoms with van der Waals surface area (Å²) in [5, 5.41) is 6.26. The minimum atomic E-state index is 0.00750. The molecule has 2 N–H and O–H groups in total. The summed E-state index contributed by atoms with van der Waals surface area (Å²) in [5.74, 6) is 0.187. The fourth-order valence-electron chi connectivity index (χ4n) is 2.83. The molecule has 0 bridgehead atoms. The number of carbonyl (C=O) groups is 1. The number of nitrogens with one attached hydrogen (secondary N) is 2. The molecule has 0 radical (unpaired) electrons. The molecule has 2 fully saturated rings. The van der Waals surface area contributed by atoms with Crippen LogP contribution in [0.1, 0.15) is 33.6 Å². The number of amides is 1. The first-order valence-corrected chi connectivity index (χ1v) is 6.38. The highest BCUT2D eigenvalue weighted by Crippen LogP contribution is 2.25. The SMILES string of the molecule is CC1CCC(C)N1C(C)C(=O)NC1CNC1. The second kappa shape index (κ2) is 4.72. The third-order valence-electron chi connectivity index (χ3n) is 3.97. The minimum absolute atomic E-state index is 0.00750. The van der Waals surface area contributed by atoms with E-state index < -0.39 is 0 Å². The van der Waals surface area contributed by atoms with E-state index in [0.717, 1.165) is 13.1 Å². The van der Waals surface area contributed by atoms with Crippen molar-refractivity contribution in [3.63, 3.8) is 0 Å². The van der Waals surface area contributed by atoms with E-state index in [9.17, 15) is 4.79 Å². The summed E-state index contributed by atoms with van der Waals surface area (Å²) in [5.41, 5.74) is 0. The molecule has 0 aromatic rings. The number of likely N-dealkylation sites (tertiary alicyclic amines) is 1. The zero-order chi connectivity index (χ0) is 11.7. The first-order chi connectivity index (χ1) is 7.59. The molecule has 2 saturated heterocycles. The molecule has 1 amide bonds. The summed E-state index contributed by atoms with van der Waals surface area (Å²) in [7, 11) is 0. The Labute approximate surface area is 97.8 Å². The molecule has 2 rings (SSSR count). The molecule has 3 atom stereocenters. The number of nitrogens with zero attached hydrogens (tertiary/aromatic N) is 1. The van der Waals surface area contributed by atoms with Gasteiger partial charge in [-0.25, -0.2) is 0 Å². The summed E-state index contributed by atoms with van der Waals surface area (Å²) in [6, 6.07) is 1.43. The van der Waals surface area contributed by atoms with Crippen LogP contribution >= 0.6 is 0 Å². The summed E-state index contributed by atoms with van der Waals surface area (Å²) in [4.78, 5) is 14.4. The predicted molar refractivity (Wildman–Crippen MR) is 64.3 cm³/mol. The molecule has 0 saturated carbocycles. The fourth-order valence-corrected chi connectivity index (χ4v) is 2.83. The Balaban J connectivity index is 1.89. The van der Waals surface area contributed by atoms with Crippen molar-refractivity contribution in [2.24, 2.45) is 0 Å². The van der Waals surface area contributed by atoms with Crippen LogP contribution in [0.3, 0.4) is 0 Å². The molecule has 16 heavy (non-hydrogen) atoms. The van der Waals surface area contributed by atoms with E-state index >= 15 is 0 Å². The standard InChI is InChI=1S/C12H23N3O/c1-8-4-5-9(2)15(8)10(3)12(16)14-11-6-13-7-11/h8-11,13H,4-7H2,1-3H3,(H,14,16). The smallest absolute Gasteiger partial charge is 0.237 e. The van der Waals surface area contributed by atoms with Crippen LogP contribution in [0.5, 0.6) is 0 Å². The van der Waals surface area contributed by atoms with Crippen molar-refractivity contribution in [3.05, 3.63) is 0 Å². The Morgan fingerprint density at radius 3 is 2.31 bits per heavy atom. The van der Waals surface area contributed by atoms with E-state index in [1.54, 1.807) is 0 Å². The van der Waals surface area contributed by atoms with Gasteiger partial charge in [0.2, 0.25) is 5.91 Å². The third-order valence-corrected chi connectivity index (χ3v) is 3.97. The van der Waals surface area contributed by atoms with Crippen molar-refractivity contribution >= 4 is 5.91 Å². The van der Waals surface area contributed by atoms with E-state index in [-0.39, 0.29) is 11.9 Å². The fraction of sp³-hybridized carbons (Fsp3) is 0.917. The maximum atomic E-state index is 12.0. The molecule has 2 heterocycles. The van der Waals surface area contributed by atoms with Crippen LogP contribution in [0, 0.1) is 0 Å². The lowest BCUT2D eigenvalue weighted by Gasteiger charge is -2.34. The van der Waals surface area contributed by atoms with Gasteiger partial charge >= 0.3 is 0 Å². The Kier molecular flexibility index (Phi) is 3.50. The number of hydrogen-bond acceptors (Lipinski definition) is 3. The average Bonchev–Trinajstić information content (AvgIpc) is 2.51. The van der Waals surface area contributed by atoms with E-state index in [0.29, 0.717) is 18.1 Å². The van der Waals surface area contributed by atoms with Crippen LogP contribution in [0.4, 0.5) is 0 Å². The predicted octanol–water partition coefficient (Wildman–Crippen LogP) is 0.336. The molecule has 0 aromatic heterocycles. The Morgan fingerprint density at radius 2 is 1.88 bits per heavy atom. The zero-order valence-corrected chi connectivity index (χ0v) is 10.5. The molecule has 3 unspecified atom stereocenters. The van der Waals surface area contributed by atoms with Gasteiger partial charge in [0.15, 0.2) is 0 Å². The minimum Gasteiger partial charge on any atom is -0.349 e. The van der Waals surface area contributed by atoms with Crippen molar-refractivity contribution < 1.29 is 4.79 Å². The van der Waals surface area contributed by atoms with Crippen LogP contribution < -0.4 is 10.6 Å². The molecular weight excluding hydrogens is 202 g/mol. The highest BCUT2D eigenvalue weighted by molar-refractivity contribution is 5.81. The third kappa shape index (κ3) is 2.23. The molecule has 0 aliphatic carbocycles. The van der Waals surface area contributed by atoms with E-state index in [1.165, 1.54) is 12.8 Å². The van der Waals surface area contributed by atoms with Crippen LogP contribution in [0.25, 0.3) is 0 Å². The van der Waals surface area contributed by atoms with Gasteiger partial charge < -0.3 is 10.6 Å². The average molecular weight is 225 g/mol. The zero-order valence-electron chi connectivity index (χ0n) is 10.5. The second-order valence-corrected chi connectivity index (χ2v) is 5.26. The maximum Gasteiger partial charge on any atom is 0.237 e. The number of hydrogen-bond donors (Lipinski definition) is 2. The molecule has 2 aliphatic heterocycles. The summed E-state index contributed by atoms with van der Waals surface area (Å²) < 4.78 is 0. The highest BCUT2D eigenvalue weighted by Gasteiger charge is 2.35. The monoisotopic (exact) mass is 225 g/mol. The molecule has 4 nitrogen and oxygen atoms in total. The van der Waals surface area contributed by atoms with Gasteiger partial charge in [-0.05, 0) is 33.6 Å². The number of rotatable bonds is 3. The van der Waals surface area contributed by atoms with Crippen molar-refractivity contribution in [1.29, 1.82) is 0 Å². The van der Waals surface area contributed by atoms with E-state index in [2.05, 4.69) is 29.4 Å². The van der Waals surface area contributed by atoms with Crippen molar-refractivity contribution in [1.82, 2.24) is 15.5 Å². The van der Waals surface area contributed by atoms with Crippen molar-refractivity contribution in [3.8, 4) is 0 Å². The van der Waals surface area contributed by atoms with Crippen molar-refractivity contribution in [2.45, 2.75) is 57.8 Å². The molecule has 2 aliphatic rings. The Morgan fingerprint density at radius 1 is 1.31 bits per heavy atom. The van der Waals surface area contributed by atoms with Gasteiger partial charge in [-0.1, -0.05) is 0 Å². The maximum absolute atomic E-state index is 12.0. The van der Waals surface area contributed by atoms with Crippen LogP contribution in [0.15, 0.2) is 0 Å². The lowest BCUT2D eigenvalue weighted by atomic mass is 10.1. The quantitative estimate of drug-likeness (QED) is 0.728. The van der Waals surface area contributed by atoms with Crippen molar-refractivity contribution in [2.75, 3.05) is 13.1 Å². The highest BCUT2D eigenvalue weighted by atomic mass is 16.2. The van der Waals surface area contributed by atoms with Gasteiger partial charge in [0.25, 0.3) is 0 Å². The van der Waals surface area contributed by atoms with Crippen LogP contribution in [-0.4, -0.2) is 48.1 Å². The Bertz CT molecular complexity index is 255. The van der Waals surface area contributed by atoms with Gasteiger partial charge in [-0.3, -0.25) is 9.69 Å². The van der Waals surface area contributed by atoms with Gasteiger partial charge in [0.05, 0.1) is 12.1 Å². The lowest BCUT2D eigenvalue weighted by Crippen LogP contribution is -2.60. The van der Waals surface area contributed by atoms with Gasteiger partial charge in [0.1, 0.15) is 0 Å². The summed E-state index contributed by atoms with van der Waals surface area (Å²) in [6.45, 7) is 8.31. The largest absolute Gasteiger partial charge is 0.349 e. The van der Waals surface area contributed by atoms with Crippen LogP contribution in [-0.2, 0) is 4.79 Å². The normalized spacial score (nSPS) is 33.4. The van der Waals surface area contributed by atoms with Gasteiger partial charge in [0, 0.05) is 25.2 Å². The first kappa shape index (κ1) is 11.9. The summed E-state index contributed by atoms with van der Waals surface area (Å²) in [6.07, 6.45) is 2.42. The molecular formula is C12H23N3O. The number of carbonyl (C=O) groups excluding carboxylic acids is 1. The molecule has 4 heteroatoms. The summed E-state index contributed by atoms with van der Waals surface area (Å²) >= 11 is 0. The van der Waals surface area contributed by atoms with Gasteiger partial charge in [-0.15, -0.1) is 0 Å². The lowest BCUT2D eigenvalue weighted by molar-refractivity contribution is -0.127. The molecule has 92 valence electrons. The van der Waals surface area contributed by atoms with E-state index in [1.807, 2.05) is 6.92 Å². The Hall–Kier alpha value is -0.610. The second-order valence-electron chi connectivity index (χ2n) is 5.26. The molecule has 0 spiro atoms. The molecule has 0 aromatic carbocycles. The van der Waals surface area contributed by atoms with E-state index in [4.69, 9.17) is 0 Å². The first-order valence-electron chi connectivity index (χ1n) is 6.38. The topological polar surface area (TPSA) is 44.4 Å². The van der Waals surface area contributed by atoms with Crippen LogP contribution in [0.2, 0.25) is 0 Å². The van der Waals surface area contributed by atoms with Gasteiger partial charge in [-0.2, -0.15) is 0 Å².